The molecule has 0 aromatic carbocycles. The maximum atomic E-state index is 12.7. The highest BCUT2D eigenvalue weighted by Crippen LogP contribution is 2.32. The first-order valence-electron chi connectivity index (χ1n) is 8.83. The highest BCUT2D eigenvalue weighted by atomic mass is 16.5. The van der Waals surface area contributed by atoms with Crippen LogP contribution >= 0.6 is 0 Å². The van der Waals surface area contributed by atoms with E-state index in [0.717, 1.165) is 49.0 Å². The second-order valence-corrected chi connectivity index (χ2v) is 6.80. The molecule has 7 nitrogen and oxygen atoms in total. The number of nitrogens with one attached hydrogen (secondary N) is 1. The van der Waals surface area contributed by atoms with Crippen LogP contribution in [0.1, 0.15) is 37.4 Å². The number of carbonyl (C=O) groups excluding carboxylic acids is 1. The number of aromatic nitrogens is 3. The summed E-state index contributed by atoms with van der Waals surface area (Å²) in [4.78, 5) is 19.0. The van der Waals surface area contributed by atoms with Crippen LogP contribution in [0, 0.1) is 5.92 Å². The maximum Gasteiger partial charge on any atom is 0.322 e. The molecule has 1 saturated heterocycles. The summed E-state index contributed by atoms with van der Waals surface area (Å²) < 4.78 is 7.07. The minimum absolute atomic E-state index is 0.00687. The van der Waals surface area contributed by atoms with E-state index in [1.54, 1.807) is 19.5 Å². The number of urea groups is 1. The molecular weight excluding hydrogens is 318 g/mol. The fraction of sp³-hybridized carbons (Fsp3) is 0.500. The Morgan fingerprint density at radius 1 is 1.32 bits per heavy atom. The molecular formula is C18H23N5O2. The third kappa shape index (κ3) is 3.60. The van der Waals surface area contributed by atoms with Crippen LogP contribution in [0.4, 0.5) is 10.5 Å². The Kier molecular flexibility index (Phi) is 4.29. The van der Waals surface area contributed by atoms with Gasteiger partial charge in [-0.3, -0.25) is 9.67 Å². The van der Waals surface area contributed by atoms with Gasteiger partial charge in [-0.25, -0.2) is 4.79 Å². The molecule has 132 valence electrons. The van der Waals surface area contributed by atoms with Crippen LogP contribution in [-0.2, 0) is 6.54 Å². The first-order chi connectivity index (χ1) is 12.2. The third-order valence-electron chi connectivity index (χ3n) is 4.88. The SMILES string of the molecule is COc1ccc(C2CCCN2C(=O)Nc2cnn(CC3CC3)c2)nc1. The van der Waals surface area contributed by atoms with Crippen LogP contribution in [0.3, 0.4) is 0 Å². The predicted octanol–water partition coefficient (Wildman–Crippen LogP) is 3.07. The van der Waals surface area contributed by atoms with Gasteiger partial charge in [0.1, 0.15) is 5.75 Å². The van der Waals surface area contributed by atoms with Crippen LogP contribution in [0.5, 0.6) is 5.75 Å². The Hall–Kier alpha value is -2.57. The molecule has 0 spiro atoms. The number of anilines is 1. The van der Waals surface area contributed by atoms with Gasteiger partial charge in [0, 0.05) is 19.3 Å². The lowest BCUT2D eigenvalue weighted by molar-refractivity contribution is 0.206. The lowest BCUT2D eigenvalue weighted by Crippen LogP contribution is -2.34. The maximum absolute atomic E-state index is 12.7. The van der Waals surface area contributed by atoms with Gasteiger partial charge in [-0.2, -0.15) is 5.10 Å². The second-order valence-electron chi connectivity index (χ2n) is 6.80. The minimum atomic E-state index is -0.0916. The van der Waals surface area contributed by atoms with Gasteiger partial charge in [-0.1, -0.05) is 0 Å². The molecule has 2 fully saturated rings. The standard InChI is InChI=1S/C18H23N5O2/c1-25-15-6-7-16(19-10-15)17-3-2-8-23(17)18(24)21-14-9-20-22(12-14)11-13-4-5-13/h6-7,9-10,12-13,17H,2-5,8,11H2,1H3,(H,21,24). The summed E-state index contributed by atoms with van der Waals surface area (Å²) >= 11 is 0. The smallest absolute Gasteiger partial charge is 0.322 e. The van der Waals surface area contributed by atoms with E-state index < -0.39 is 0 Å². The van der Waals surface area contributed by atoms with Crippen molar-refractivity contribution < 1.29 is 9.53 Å². The predicted molar refractivity (Wildman–Crippen MR) is 93.4 cm³/mol. The molecule has 1 aliphatic carbocycles. The van der Waals surface area contributed by atoms with Gasteiger partial charge in [-0.15, -0.1) is 0 Å². The van der Waals surface area contributed by atoms with Crippen molar-refractivity contribution in [2.45, 2.75) is 38.3 Å². The fourth-order valence-electron chi connectivity index (χ4n) is 3.32. The number of methoxy groups -OCH3 is 1. The highest BCUT2D eigenvalue weighted by Gasteiger charge is 2.31. The van der Waals surface area contributed by atoms with Crippen molar-refractivity contribution in [3.63, 3.8) is 0 Å². The normalized spacial score (nSPS) is 19.9. The van der Waals surface area contributed by atoms with Crippen LogP contribution in [0.25, 0.3) is 0 Å². The lowest BCUT2D eigenvalue weighted by atomic mass is 10.1. The number of hydrogen-bond donors (Lipinski definition) is 1. The fourth-order valence-corrected chi connectivity index (χ4v) is 3.32. The van der Waals surface area contributed by atoms with E-state index in [0.29, 0.717) is 0 Å². The van der Waals surface area contributed by atoms with Crippen LogP contribution in [0.15, 0.2) is 30.7 Å². The molecule has 0 radical (unpaired) electrons. The number of pyridine rings is 1. The molecule has 3 heterocycles. The monoisotopic (exact) mass is 341 g/mol. The summed E-state index contributed by atoms with van der Waals surface area (Å²) in [5, 5.41) is 7.30. The van der Waals surface area contributed by atoms with E-state index >= 15 is 0 Å². The van der Waals surface area contributed by atoms with Gasteiger partial charge in [0.05, 0.1) is 36.9 Å². The number of rotatable bonds is 5. The molecule has 4 rings (SSSR count). The molecule has 2 aliphatic rings. The van der Waals surface area contributed by atoms with Crippen LogP contribution in [0.2, 0.25) is 0 Å². The van der Waals surface area contributed by atoms with Gasteiger partial charge >= 0.3 is 6.03 Å². The number of likely N-dealkylation sites (tertiary alicyclic amines) is 1. The highest BCUT2D eigenvalue weighted by molar-refractivity contribution is 5.89. The minimum Gasteiger partial charge on any atom is -0.495 e. The van der Waals surface area contributed by atoms with E-state index in [1.807, 2.05) is 27.9 Å². The largest absolute Gasteiger partial charge is 0.495 e. The van der Waals surface area contributed by atoms with Crippen LogP contribution < -0.4 is 10.1 Å². The second kappa shape index (κ2) is 6.74. The third-order valence-corrected chi connectivity index (χ3v) is 4.88. The quantitative estimate of drug-likeness (QED) is 0.907. The van der Waals surface area contributed by atoms with Crippen LogP contribution in [-0.4, -0.2) is 39.4 Å². The zero-order chi connectivity index (χ0) is 17.2. The van der Waals surface area contributed by atoms with Gasteiger partial charge in [0.2, 0.25) is 0 Å². The average molecular weight is 341 g/mol. The van der Waals surface area contributed by atoms with Gasteiger partial charge < -0.3 is 15.0 Å². The number of ether oxygens (including phenoxy) is 1. The molecule has 1 saturated carbocycles. The van der Waals surface area contributed by atoms with E-state index in [1.165, 1.54) is 12.8 Å². The van der Waals surface area contributed by atoms with E-state index in [2.05, 4.69) is 15.4 Å². The average Bonchev–Trinajstić information content (AvgIpc) is 3.12. The molecule has 25 heavy (non-hydrogen) atoms. The van der Waals surface area contributed by atoms with Crippen molar-refractivity contribution in [2.75, 3.05) is 19.0 Å². The summed E-state index contributed by atoms with van der Waals surface area (Å²) in [6.07, 6.45) is 9.80. The Morgan fingerprint density at radius 2 is 2.20 bits per heavy atom. The molecule has 1 atom stereocenters. The van der Waals surface area contributed by atoms with Gasteiger partial charge in [0.15, 0.2) is 0 Å². The molecule has 7 heteroatoms. The first-order valence-corrected chi connectivity index (χ1v) is 8.83. The first kappa shape index (κ1) is 15.9. The summed E-state index contributed by atoms with van der Waals surface area (Å²) in [7, 11) is 1.62. The zero-order valence-corrected chi connectivity index (χ0v) is 14.4. The number of hydrogen-bond acceptors (Lipinski definition) is 4. The van der Waals surface area contributed by atoms with E-state index in [4.69, 9.17) is 4.74 Å². The number of carbonyl (C=O) groups is 1. The Bertz CT molecular complexity index is 738. The van der Waals surface area contributed by atoms with E-state index in [9.17, 15) is 4.79 Å². The Balaban J connectivity index is 1.41. The molecule has 0 bridgehead atoms. The zero-order valence-electron chi connectivity index (χ0n) is 14.4. The molecule has 1 N–H and O–H groups in total. The molecule has 2 aromatic heterocycles. The number of nitrogens with zero attached hydrogens (tertiary/aromatic N) is 4. The van der Waals surface area contributed by atoms with Gasteiger partial charge in [0.25, 0.3) is 0 Å². The van der Waals surface area contributed by atoms with Crippen molar-refractivity contribution >= 4 is 11.7 Å². The number of amides is 2. The van der Waals surface area contributed by atoms with Crippen molar-refractivity contribution in [3.8, 4) is 5.75 Å². The summed E-state index contributed by atoms with van der Waals surface area (Å²) in [6.45, 7) is 1.68. The lowest BCUT2D eigenvalue weighted by Gasteiger charge is -2.24. The van der Waals surface area contributed by atoms with Crippen molar-refractivity contribution in [1.82, 2.24) is 19.7 Å². The summed E-state index contributed by atoms with van der Waals surface area (Å²) in [6, 6.07) is 3.74. The Labute approximate surface area is 147 Å². The van der Waals surface area contributed by atoms with Gasteiger partial charge in [-0.05, 0) is 43.7 Å². The molecule has 1 aliphatic heterocycles. The Morgan fingerprint density at radius 3 is 2.92 bits per heavy atom. The summed E-state index contributed by atoms with van der Waals surface area (Å²) in [5.41, 5.74) is 1.65. The van der Waals surface area contributed by atoms with Crippen molar-refractivity contribution in [2.24, 2.45) is 5.92 Å². The molecule has 2 amide bonds. The molecule has 1 unspecified atom stereocenters. The van der Waals surface area contributed by atoms with Crippen molar-refractivity contribution in [3.05, 3.63) is 36.4 Å². The molecule has 2 aromatic rings. The van der Waals surface area contributed by atoms with E-state index in [-0.39, 0.29) is 12.1 Å². The summed E-state index contributed by atoms with van der Waals surface area (Å²) in [5.74, 6) is 1.48. The topological polar surface area (TPSA) is 72.3 Å². The van der Waals surface area contributed by atoms with Crippen molar-refractivity contribution in [1.29, 1.82) is 0 Å².